The molecule has 5 nitrogen and oxygen atoms in total. The molecule has 1 N–H and O–H groups in total. The largest absolute Gasteiger partial charge is 0.497 e. The van der Waals surface area contributed by atoms with Gasteiger partial charge in [-0.15, -0.1) is 0 Å². The van der Waals surface area contributed by atoms with Gasteiger partial charge in [0, 0.05) is 0 Å². The van der Waals surface area contributed by atoms with Gasteiger partial charge in [-0.1, -0.05) is 18.2 Å². The Kier molecular flexibility index (Phi) is 4.55. The molecule has 0 spiro atoms. The molecule has 20 heavy (non-hydrogen) atoms. The van der Waals surface area contributed by atoms with Crippen LogP contribution in [0.3, 0.4) is 0 Å². The predicted octanol–water partition coefficient (Wildman–Crippen LogP) is 2.93. The number of methoxy groups -OCH3 is 1. The second kappa shape index (κ2) is 6.56. The van der Waals surface area contributed by atoms with Gasteiger partial charge in [0.1, 0.15) is 5.75 Å². The number of nitrogens with zero attached hydrogens (tertiary/aromatic N) is 1. The second-order valence-corrected chi connectivity index (χ2v) is 4.06. The van der Waals surface area contributed by atoms with Crippen molar-refractivity contribution in [2.24, 2.45) is 5.10 Å². The van der Waals surface area contributed by atoms with Crippen LogP contribution in [0.2, 0.25) is 0 Å². The van der Waals surface area contributed by atoms with E-state index in [-0.39, 0.29) is 0 Å². The molecule has 2 aromatic rings. The molecule has 104 valence electrons. The maximum atomic E-state index is 11.1. The van der Waals surface area contributed by atoms with Crippen molar-refractivity contribution in [1.82, 2.24) is 5.43 Å². The first-order valence-electron chi connectivity index (χ1n) is 6.26. The lowest BCUT2D eigenvalue weighted by molar-refractivity contribution is 0.152. The Morgan fingerprint density at radius 3 is 2.75 bits per heavy atom. The minimum atomic E-state index is -0.561. The van der Waals surface area contributed by atoms with Crippen LogP contribution in [0.15, 0.2) is 41.5 Å². The molecular formula is C15H16N2O3. The third-order valence-electron chi connectivity index (χ3n) is 2.72. The normalized spacial score (nSPS) is 10.7. The number of hydrogen-bond donors (Lipinski definition) is 1. The van der Waals surface area contributed by atoms with E-state index in [0.29, 0.717) is 6.61 Å². The quantitative estimate of drug-likeness (QED) is 0.687. The van der Waals surface area contributed by atoms with Crippen molar-refractivity contribution in [1.29, 1.82) is 0 Å². The van der Waals surface area contributed by atoms with Crippen LogP contribution in [0.25, 0.3) is 10.8 Å². The Morgan fingerprint density at radius 2 is 2.00 bits per heavy atom. The Hall–Kier alpha value is -2.56. The molecule has 0 bridgehead atoms. The summed E-state index contributed by atoms with van der Waals surface area (Å²) in [4.78, 5) is 11.1. The molecule has 0 saturated heterocycles. The number of hydrazone groups is 1. The fourth-order valence-electron chi connectivity index (χ4n) is 1.77. The number of nitrogens with one attached hydrogen (secondary N) is 1. The van der Waals surface area contributed by atoms with Crippen molar-refractivity contribution < 1.29 is 14.3 Å². The zero-order valence-electron chi connectivity index (χ0n) is 11.4. The van der Waals surface area contributed by atoms with Crippen LogP contribution in [-0.2, 0) is 4.74 Å². The summed E-state index contributed by atoms with van der Waals surface area (Å²) in [5.41, 5.74) is 3.18. The zero-order chi connectivity index (χ0) is 14.4. The average molecular weight is 272 g/mol. The SMILES string of the molecule is CCOC(=O)NN=Cc1ccc2cc(OC)ccc2c1. The van der Waals surface area contributed by atoms with E-state index in [1.165, 1.54) is 0 Å². The van der Waals surface area contributed by atoms with E-state index < -0.39 is 6.09 Å². The van der Waals surface area contributed by atoms with Crippen LogP contribution in [0.5, 0.6) is 5.75 Å². The summed E-state index contributed by atoms with van der Waals surface area (Å²) in [5, 5.41) is 5.98. The van der Waals surface area contributed by atoms with Crippen molar-refractivity contribution in [2.45, 2.75) is 6.92 Å². The number of ether oxygens (including phenoxy) is 2. The molecule has 0 saturated carbocycles. The van der Waals surface area contributed by atoms with Gasteiger partial charge in [0.05, 0.1) is 19.9 Å². The summed E-state index contributed by atoms with van der Waals surface area (Å²) in [6.45, 7) is 2.06. The first-order valence-corrected chi connectivity index (χ1v) is 6.26. The lowest BCUT2D eigenvalue weighted by Crippen LogP contribution is -2.18. The number of rotatable bonds is 4. The van der Waals surface area contributed by atoms with E-state index in [9.17, 15) is 4.79 Å². The van der Waals surface area contributed by atoms with Crippen LogP contribution < -0.4 is 10.2 Å². The van der Waals surface area contributed by atoms with Crippen molar-refractivity contribution in [3.63, 3.8) is 0 Å². The van der Waals surface area contributed by atoms with Crippen LogP contribution in [0, 0.1) is 0 Å². The molecule has 0 radical (unpaired) electrons. The van der Waals surface area contributed by atoms with E-state index in [2.05, 4.69) is 10.5 Å². The van der Waals surface area contributed by atoms with Crippen LogP contribution in [0.1, 0.15) is 12.5 Å². The predicted molar refractivity (Wildman–Crippen MR) is 78.3 cm³/mol. The molecule has 0 aliphatic carbocycles. The van der Waals surface area contributed by atoms with Crippen molar-refractivity contribution in [3.05, 3.63) is 42.0 Å². The number of amides is 1. The number of hydrogen-bond acceptors (Lipinski definition) is 4. The highest BCUT2D eigenvalue weighted by Crippen LogP contribution is 2.21. The van der Waals surface area contributed by atoms with E-state index in [4.69, 9.17) is 9.47 Å². The van der Waals surface area contributed by atoms with Crippen LogP contribution in [0.4, 0.5) is 4.79 Å². The minimum absolute atomic E-state index is 0.319. The fourth-order valence-corrected chi connectivity index (χ4v) is 1.77. The zero-order valence-corrected chi connectivity index (χ0v) is 11.4. The van der Waals surface area contributed by atoms with E-state index in [0.717, 1.165) is 22.1 Å². The van der Waals surface area contributed by atoms with Gasteiger partial charge in [-0.05, 0) is 41.5 Å². The molecular weight excluding hydrogens is 256 g/mol. The first-order chi connectivity index (χ1) is 9.72. The highest BCUT2D eigenvalue weighted by Gasteiger charge is 1.98. The molecule has 0 aliphatic rings. The van der Waals surface area contributed by atoms with Gasteiger partial charge in [0.15, 0.2) is 0 Å². The summed E-state index contributed by atoms with van der Waals surface area (Å²) in [6.07, 6.45) is 1.01. The van der Waals surface area contributed by atoms with E-state index >= 15 is 0 Å². The number of carbonyl (C=O) groups excluding carboxylic acids is 1. The van der Waals surface area contributed by atoms with Gasteiger partial charge >= 0.3 is 6.09 Å². The molecule has 2 rings (SSSR count). The van der Waals surface area contributed by atoms with Crippen LogP contribution in [-0.4, -0.2) is 26.0 Å². The van der Waals surface area contributed by atoms with Gasteiger partial charge in [0.2, 0.25) is 0 Å². The Balaban J connectivity index is 2.12. The highest BCUT2D eigenvalue weighted by molar-refractivity contribution is 5.91. The molecule has 0 fully saturated rings. The first kappa shape index (κ1) is 13.9. The molecule has 1 amide bonds. The summed E-state index contributed by atoms with van der Waals surface area (Å²) in [6, 6.07) is 11.7. The highest BCUT2D eigenvalue weighted by atomic mass is 16.5. The number of benzene rings is 2. The molecule has 0 atom stereocenters. The Labute approximate surface area is 117 Å². The van der Waals surface area contributed by atoms with Gasteiger partial charge in [-0.25, -0.2) is 10.2 Å². The van der Waals surface area contributed by atoms with Gasteiger partial charge in [0.25, 0.3) is 0 Å². The summed E-state index contributed by atoms with van der Waals surface area (Å²) in [5.74, 6) is 0.822. The third-order valence-corrected chi connectivity index (χ3v) is 2.72. The lowest BCUT2D eigenvalue weighted by Gasteiger charge is -2.03. The van der Waals surface area contributed by atoms with Crippen molar-refractivity contribution >= 4 is 23.1 Å². The molecule has 2 aromatic carbocycles. The average Bonchev–Trinajstić information content (AvgIpc) is 2.47. The van der Waals surface area contributed by atoms with E-state index in [1.807, 2.05) is 36.4 Å². The molecule has 0 unspecified atom stereocenters. The maximum absolute atomic E-state index is 11.1. The molecule has 0 aromatic heterocycles. The maximum Gasteiger partial charge on any atom is 0.427 e. The number of fused-ring (bicyclic) bond motifs is 1. The Morgan fingerprint density at radius 1 is 1.25 bits per heavy atom. The lowest BCUT2D eigenvalue weighted by atomic mass is 10.1. The molecule has 5 heteroatoms. The Bertz CT molecular complexity index is 638. The molecule has 0 aliphatic heterocycles. The summed E-state index contributed by atoms with van der Waals surface area (Å²) in [7, 11) is 1.64. The van der Waals surface area contributed by atoms with Crippen molar-refractivity contribution in [2.75, 3.05) is 13.7 Å². The topological polar surface area (TPSA) is 59.9 Å². The van der Waals surface area contributed by atoms with Crippen LogP contribution >= 0.6 is 0 Å². The van der Waals surface area contributed by atoms with Crippen molar-refractivity contribution in [3.8, 4) is 5.75 Å². The molecule has 0 heterocycles. The van der Waals surface area contributed by atoms with Gasteiger partial charge in [-0.3, -0.25) is 0 Å². The smallest absolute Gasteiger partial charge is 0.427 e. The van der Waals surface area contributed by atoms with Gasteiger partial charge in [-0.2, -0.15) is 5.10 Å². The third kappa shape index (κ3) is 3.47. The monoisotopic (exact) mass is 272 g/mol. The summed E-state index contributed by atoms with van der Waals surface area (Å²) < 4.78 is 9.88. The summed E-state index contributed by atoms with van der Waals surface area (Å²) >= 11 is 0. The van der Waals surface area contributed by atoms with E-state index in [1.54, 1.807) is 20.2 Å². The minimum Gasteiger partial charge on any atom is -0.497 e. The fraction of sp³-hybridized carbons (Fsp3) is 0.200. The van der Waals surface area contributed by atoms with Gasteiger partial charge < -0.3 is 9.47 Å². The number of carbonyl (C=O) groups is 1. The standard InChI is InChI=1S/C15H16N2O3/c1-3-20-15(18)17-16-10-11-4-5-13-9-14(19-2)7-6-12(13)8-11/h4-10H,3H2,1-2H3,(H,17,18). The second-order valence-electron chi connectivity index (χ2n) is 4.06.